The average Bonchev–Trinajstić information content (AvgIpc) is 2.79. The third-order valence-electron chi connectivity index (χ3n) is 4.30. The number of thiophene rings is 1. The van der Waals surface area contributed by atoms with Crippen molar-refractivity contribution in [2.75, 3.05) is 7.05 Å². The molecule has 0 aromatic carbocycles. The minimum absolute atomic E-state index is 0.543. The molecule has 1 N–H and O–H groups in total. The normalized spacial score (nSPS) is 26.2. The van der Waals surface area contributed by atoms with Crippen LogP contribution >= 0.6 is 27.3 Å². The van der Waals surface area contributed by atoms with Gasteiger partial charge >= 0.3 is 0 Å². The highest BCUT2D eigenvalue weighted by atomic mass is 79.9. The first-order valence-electron chi connectivity index (χ1n) is 7.16. The molecular weight excluding hydrogens is 306 g/mol. The Hall–Kier alpha value is 0.140. The van der Waals surface area contributed by atoms with E-state index in [1.165, 1.54) is 47.9 Å². The van der Waals surface area contributed by atoms with Gasteiger partial charge < -0.3 is 5.32 Å². The molecule has 18 heavy (non-hydrogen) atoms. The Kier molecular flexibility index (Phi) is 5.71. The largest absolute Gasteiger partial charge is 0.312 e. The lowest BCUT2D eigenvalue weighted by Gasteiger charge is -2.33. The monoisotopic (exact) mass is 329 g/mol. The Morgan fingerprint density at radius 3 is 2.61 bits per heavy atom. The minimum Gasteiger partial charge on any atom is -0.312 e. The van der Waals surface area contributed by atoms with E-state index in [2.05, 4.69) is 46.7 Å². The Labute approximate surface area is 123 Å². The third kappa shape index (κ3) is 3.37. The van der Waals surface area contributed by atoms with E-state index in [1.807, 2.05) is 11.3 Å². The molecule has 0 bridgehead atoms. The van der Waals surface area contributed by atoms with Crippen molar-refractivity contribution in [2.24, 2.45) is 11.8 Å². The zero-order chi connectivity index (χ0) is 13.0. The summed E-state index contributed by atoms with van der Waals surface area (Å²) in [5, 5.41) is 5.73. The van der Waals surface area contributed by atoms with Crippen LogP contribution in [0, 0.1) is 11.8 Å². The van der Waals surface area contributed by atoms with E-state index in [1.54, 1.807) is 0 Å². The fourth-order valence-corrected chi connectivity index (χ4v) is 5.15. The standard InChI is InChI=1S/C15H24BrNS/c1-3-4-11-5-7-12(8-6-11)14(17-2)15-13(16)9-10-18-15/h9-12,14,17H,3-8H2,1-2H3. The molecule has 1 aromatic rings. The van der Waals surface area contributed by atoms with Crippen LogP contribution in [0.5, 0.6) is 0 Å². The molecule has 1 aliphatic carbocycles. The molecule has 1 fully saturated rings. The lowest BCUT2D eigenvalue weighted by molar-refractivity contribution is 0.221. The fourth-order valence-electron chi connectivity index (χ4n) is 3.33. The smallest absolute Gasteiger partial charge is 0.0452 e. The fraction of sp³-hybridized carbons (Fsp3) is 0.733. The zero-order valence-electron chi connectivity index (χ0n) is 11.4. The van der Waals surface area contributed by atoms with Crippen LogP contribution in [0.3, 0.4) is 0 Å². The molecule has 102 valence electrons. The van der Waals surface area contributed by atoms with Gasteiger partial charge in [-0.05, 0) is 59.1 Å². The molecule has 2 rings (SSSR count). The number of nitrogens with one attached hydrogen (secondary N) is 1. The van der Waals surface area contributed by atoms with Gasteiger partial charge in [-0.2, -0.15) is 0 Å². The molecule has 1 atom stereocenters. The predicted molar refractivity (Wildman–Crippen MR) is 84.2 cm³/mol. The summed E-state index contributed by atoms with van der Waals surface area (Å²) in [6.07, 6.45) is 8.42. The van der Waals surface area contributed by atoms with Gasteiger partial charge in [0, 0.05) is 15.4 Å². The van der Waals surface area contributed by atoms with Crippen LogP contribution in [-0.2, 0) is 0 Å². The molecule has 0 aliphatic heterocycles. The molecule has 1 saturated carbocycles. The summed E-state index contributed by atoms with van der Waals surface area (Å²) in [6, 6.07) is 2.72. The Morgan fingerprint density at radius 2 is 2.11 bits per heavy atom. The summed E-state index contributed by atoms with van der Waals surface area (Å²) in [6.45, 7) is 2.31. The second-order valence-electron chi connectivity index (χ2n) is 5.47. The van der Waals surface area contributed by atoms with Crippen LogP contribution < -0.4 is 5.32 Å². The van der Waals surface area contributed by atoms with Crippen molar-refractivity contribution in [2.45, 2.75) is 51.5 Å². The van der Waals surface area contributed by atoms with Gasteiger partial charge in [0.2, 0.25) is 0 Å². The molecule has 1 aliphatic rings. The van der Waals surface area contributed by atoms with Crippen LogP contribution in [0.1, 0.15) is 56.4 Å². The summed E-state index contributed by atoms with van der Waals surface area (Å²) in [5.41, 5.74) is 0. The number of rotatable bonds is 5. The van der Waals surface area contributed by atoms with Crippen molar-refractivity contribution >= 4 is 27.3 Å². The number of hydrogen-bond donors (Lipinski definition) is 1. The first-order chi connectivity index (χ1) is 8.76. The molecule has 1 heterocycles. The van der Waals surface area contributed by atoms with E-state index in [4.69, 9.17) is 0 Å². The molecule has 0 spiro atoms. The predicted octanol–water partition coefficient (Wildman–Crippen LogP) is 5.38. The van der Waals surface area contributed by atoms with E-state index < -0.39 is 0 Å². The highest BCUT2D eigenvalue weighted by molar-refractivity contribution is 9.10. The molecule has 0 radical (unpaired) electrons. The quantitative estimate of drug-likeness (QED) is 0.764. The maximum absolute atomic E-state index is 3.68. The van der Waals surface area contributed by atoms with Crippen molar-refractivity contribution in [3.63, 3.8) is 0 Å². The maximum Gasteiger partial charge on any atom is 0.0452 e. The molecule has 1 unspecified atom stereocenters. The van der Waals surface area contributed by atoms with Crippen LogP contribution in [0.2, 0.25) is 0 Å². The van der Waals surface area contributed by atoms with Crippen molar-refractivity contribution in [3.05, 3.63) is 20.8 Å². The topological polar surface area (TPSA) is 12.0 Å². The van der Waals surface area contributed by atoms with Gasteiger partial charge in [-0.25, -0.2) is 0 Å². The molecule has 1 aromatic heterocycles. The minimum atomic E-state index is 0.543. The maximum atomic E-state index is 3.68. The highest BCUT2D eigenvalue weighted by Gasteiger charge is 2.28. The van der Waals surface area contributed by atoms with E-state index in [9.17, 15) is 0 Å². The van der Waals surface area contributed by atoms with E-state index in [0.29, 0.717) is 6.04 Å². The summed E-state index contributed by atoms with van der Waals surface area (Å²) < 4.78 is 1.28. The summed E-state index contributed by atoms with van der Waals surface area (Å²) in [5.74, 6) is 1.81. The van der Waals surface area contributed by atoms with E-state index >= 15 is 0 Å². The second kappa shape index (κ2) is 7.06. The van der Waals surface area contributed by atoms with E-state index in [-0.39, 0.29) is 0 Å². The van der Waals surface area contributed by atoms with Gasteiger partial charge in [-0.1, -0.05) is 32.6 Å². The molecule has 1 nitrogen and oxygen atoms in total. The van der Waals surface area contributed by atoms with Gasteiger partial charge in [0.15, 0.2) is 0 Å². The van der Waals surface area contributed by atoms with Crippen molar-refractivity contribution < 1.29 is 0 Å². The molecule has 0 saturated heterocycles. The summed E-state index contributed by atoms with van der Waals surface area (Å²) in [4.78, 5) is 1.48. The summed E-state index contributed by atoms with van der Waals surface area (Å²) >= 11 is 5.56. The lowest BCUT2D eigenvalue weighted by atomic mass is 9.77. The van der Waals surface area contributed by atoms with Crippen molar-refractivity contribution in [1.82, 2.24) is 5.32 Å². The van der Waals surface area contributed by atoms with Crippen LogP contribution in [0.25, 0.3) is 0 Å². The van der Waals surface area contributed by atoms with Gasteiger partial charge in [-0.3, -0.25) is 0 Å². The van der Waals surface area contributed by atoms with Gasteiger partial charge in [0.05, 0.1) is 0 Å². The SMILES string of the molecule is CCCC1CCC(C(NC)c2sccc2Br)CC1. The molecule has 0 amide bonds. The Balaban J connectivity index is 1.97. The Morgan fingerprint density at radius 1 is 1.39 bits per heavy atom. The van der Waals surface area contributed by atoms with Crippen molar-refractivity contribution in [1.29, 1.82) is 0 Å². The highest BCUT2D eigenvalue weighted by Crippen LogP contribution is 2.41. The lowest BCUT2D eigenvalue weighted by Crippen LogP contribution is -2.28. The number of hydrogen-bond acceptors (Lipinski definition) is 2. The average molecular weight is 330 g/mol. The first-order valence-corrected chi connectivity index (χ1v) is 8.83. The Bertz CT molecular complexity index is 355. The van der Waals surface area contributed by atoms with Crippen molar-refractivity contribution in [3.8, 4) is 0 Å². The molecular formula is C15H24BrNS. The van der Waals surface area contributed by atoms with Crippen LogP contribution in [-0.4, -0.2) is 7.05 Å². The number of halogens is 1. The van der Waals surface area contributed by atoms with Gasteiger partial charge in [0.1, 0.15) is 0 Å². The van der Waals surface area contributed by atoms with Crippen LogP contribution in [0.15, 0.2) is 15.9 Å². The second-order valence-corrected chi connectivity index (χ2v) is 7.27. The van der Waals surface area contributed by atoms with Crippen LogP contribution in [0.4, 0.5) is 0 Å². The van der Waals surface area contributed by atoms with Gasteiger partial charge in [0.25, 0.3) is 0 Å². The first kappa shape index (κ1) is 14.5. The third-order valence-corrected chi connectivity index (χ3v) is 6.25. The zero-order valence-corrected chi connectivity index (χ0v) is 13.8. The van der Waals surface area contributed by atoms with E-state index in [0.717, 1.165) is 11.8 Å². The molecule has 3 heteroatoms. The van der Waals surface area contributed by atoms with Gasteiger partial charge in [-0.15, -0.1) is 11.3 Å². The summed E-state index contributed by atoms with van der Waals surface area (Å²) in [7, 11) is 2.11.